The van der Waals surface area contributed by atoms with Gasteiger partial charge in [0.2, 0.25) is 0 Å². The molecule has 0 unspecified atom stereocenters. The maximum absolute atomic E-state index is 10.4. The van der Waals surface area contributed by atoms with Crippen LogP contribution in [0.4, 0.5) is 0 Å². The first kappa shape index (κ1) is 11.3. The number of carbonyl (C=O) groups excluding carboxylic acids is 1. The van der Waals surface area contributed by atoms with Crippen molar-refractivity contribution in [2.75, 3.05) is 0 Å². The van der Waals surface area contributed by atoms with Crippen LogP contribution in [0, 0.1) is 11.3 Å². The van der Waals surface area contributed by atoms with E-state index >= 15 is 0 Å². The molecule has 0 spiro atoms. The molecule has 0 atom stereocenters. The summed E-state index contributed by atoms with van der Waals surface area (Å²) >= 11 is 0. The van der Waals surface area contributed by atoms with Crippen LogP contribution >= 0.6 is 0 Å². The van der Waals surface area contributed by atoms with E-state index in [9.17, 15) is 4.79 Å². The normalized spacial score (nSPS) is 10.3. The van der Waals surface area contributed by atoms with Crippen molar-refractivity contribution in [3.63, 3.8) is 0 Å². The van der Waals surface area contributed by atoms with Crippen molar-refractivity contribution in [3.05, 3.63) is 30.1 Å². The quantitative estimate of drug-likeness (QED) is 0.735. The Labute approximate surface area is 99.5 Å². The van der Waals surface area contributed by atoms with Gasteiger partial charge in [-0.1, -0.05) is 12.1 Å². The molecule has 86 valence electrons. The smallest absolute Gasteiger partial charge is 0.120 e. The van der Waals surface area contributed by atoms with Crippen LogP contribution < -0.4 is 0 Å². The molecule has 0 radical (unpaired) electrons. The fourth-order valence-electron chi connectivity index (χ4n) is 1.92. The molecule has 1 heterocycles. The zero-order valence-corrected chi connectivity index (χ0v) is 9.47. The number of nitriles is 1. The SMILES string of the molecule is N#CCCn1c(CCC=O)nc2ccccc21. The summed E-state index contributed by atoms with van der Waals surface area (Å²) in [6, 6.07) is 9.97. The molecule has 17 heavy (non-hydrogen) atoms. The lowest BCUT2D eigenvalue weighted by molar-refractivity contribution is -0.107. The second-order valence-corrected chi connectivity index (χ2v) is 3.78. The van der Waals surface area contributed by atoms with Gasteiger partial charge in [-0.3, -0.25) is 0 Å². The second-order valence-electron chi connectivity index (χ2n) is 3.78. The van der Waals surface area contributed by atoms with Crippen LogP contribution in [0.1, 0.15) is 18.7 Å². The number of aryl methyl sites for hydroxylation is 2. The number of benzene rings is 1. The lowest BCUT2D eigenvalue weighted by Gasteiger charge is -2.05. The van der Waals surface area contributed by atoms with Crippen molar-refractivity contribution in [1.29, 1.82) is 5.26 Å². The Morgan fingerprint density at radius 1 is 1.41 bits per heavy atom. The van der Waals surface area contributed by atoms with Crippen LogP contribution in [0.3, 0.4) is 0 Å². The fourth-order valence-corrected chi connectivity index (χ4v) is 1.92. The first-order valence-corrected chi connectivity index (χ1v) is 5.61. The number of rotatable bonds is 5. The number of hydrogen-bond acceptors (Lipinski definition) is 3. The zero-order valence-electron chi connectivity index (χ0n) is 9.47. The van der Waals surface area contributed by atoms with E-state index in [2.05, 4.69) is 11.1 Å². The molecular formula is C13H13N3O. The summed E-state index contributed by atoms with van der Waals surface area (Å²) in [6.07, 6.45) is 2.45. The predicted octanol–water partition coefficient (Wildman–Crippen LogP) is 2.08. The van der Waals surface area contributed by atoms with Crippen LogP contribution in [-0.4, -0.2) is 15.8 Å². The van der Waals surface area contributed by atoms with Crippen LogP contribution in [-0.2, 0) is 17.8 Å². The monoisotopic (exact) mass is 227 g/mol. The third-order valence-electron chi connectivity index (χ3n) is 2.67. The molecule has 1 aromatic carbocycles. The minimum atomic E-state index is 0.453. The topological polar surface area (TPSA) is 58.7 Å². The van der Waals surface area contributed by atoms with E-state index in [1.807, 2.05) is 28.8 Å². The van der Waals surface area contributed by atoms with Crippen molar-refractivity contribution >= 4 is 17.3 Å². The number of nitrogens with zero attached hydrogens (tertiary/aromatic N) is 3. The molecule has 0 aliphatic heterocycles. The van der Waals surface area contributed by atoms with Crippen molar-refractivity contribution in [2.45, 2.75) is 25.8 Å². The lowest BCUT2D eigenvalue weighted by atomic mass is 10.3. The summed E-state index contributed by atoms with van der Waals surface area (Å²) in [5.74, 6) is 0.883. The van der Waals surface area contributed by atoms with Crippen LogP contribution in [0.15, 0.2) is 24.3 Å². The molecule has 4 nitrogen and oxygen atoms in total. The summed E-state index contributed by atoms with van der Waals surface area (Å²) in [4.78, 5) is 14.9. The maximum atomic E-state index is 10.4. The van der Waals surface area contributed by atoms with Crippen LogP contribution in [0.5, 0.6) is 0 Å². The molecule has 0 N–H and O–H groups in total. The standard InChI is InChI=1S/C13H13N3O/c14-8-4-9-16-12-6-2-1-5-11(12)15-13(16)7-3-10-17/h1-2,5-6,10H,3-4,7,9H2. The van der Waals surface area contributed by atoms with Gasteiger partial charge in [0.25, 0.3) is 0 Å². The van der Waals surface area contributed by atoms with E-state index in [-0.39, 0.29) is 0 Å². The zero-order chi connectivity index (χ0) is 12.1. The Balaban J connectivity index is 2.41. The van der Waals surface area contributed by atoms with Gasteiger partial charge in [-0.2, -0.15) is 5.26 Å². The van der Waals surface area contributed by atoms with Gasteiger partial charge in [-0.25, -0.2) is 4.98 Å². The van der Waals surface area contributed by atoms with Crippen LogP contribution in [0.25, 0.3) is 11.0 Å². The summed E-state index contributed by atoms with van der Waals surface area (Å²) < 4.78 is 2.03. The average Bonchev–Trinajstić information content (AvgIpc) is 2.71. The third kappa shape index (κ3) is 2.34. The highest BCUT2D eigenvalue weighted by Crippen LogP contribution is 2.17. The van der Waals surface area contributed by atoms with Gasteiger partial charge in [0, 0.05) is 19.4 Å². The van der Waals surface area contributed by atoms with E-state index < -0.39 is 0 Å². The predicted molar refractivity (Wildman–Crippen MR) is 64.3 cm³/mol. The van der Waals surface area contributed by atoms with Crippen LogP contribution in [0.2, 0.25) is 0 Å². The molecule has 2 aromatic rings. The Morgan fingerprint density at radius 3 is 3.00 bits per heavy atom. The molecule has 0 saturated heterocycles. The Hall–Kier alpha value is -2.15. The Kier molecular flexibility index (Phi) is 3.51. The highest BCUT2D eigenvalue weighted by atomic mass is 16.1. The average molecular weight is 227 g/mol. The minimum absolute atomic E-state index is 0.453. The van der Waals surface area contributed by atoms with Gasteiger partial charge in [0.1, 0.15) is 12.1 Å². The Bertz CT molecular complexity index is 566. The number of aromatic nitrogens is 2. The van der Waals surface area contributed by atoms with Gasteiger partial charge in [0.05, 0.1) is 23.5 Å². The lowest BCUT2D eigenvalue weighted by Crippen LogP contribution is -2.04. The van der Waals surface area contributed by atoms with Crippen molar-refractivity contribution in [2.24, 2.45) is 0 Å². The minimum Gasteiger partial charge on any atom is -0.327 e. The largest absolute Gasteiger partial charge is 0.327 e. The summed E-state index contributed by atoms with van der Waals surface area (Å²) in [7, 11) is 0. The third-order valence-corrected chi connectivity index (χ3v) is 2.67. The molecule has 2 rings (SSSR count). The van der Waals surface area contributed by atoms with Crippen molar-refractivity contribution in [1.82, 2.24) is 9.55 Å². The molecule has 0 saturated carbocycles. The number of hydrogen-bond donors (Lipinski definition) is 0. The second kappa shape index (κ2) is 5.26. The summed E-state index contributed by atoms with van der Waals surface area (Å²) in [5.41, 5.74) is 1.95. The molecule has 0 bridgehead atoms. The van der Waals surface area contributed by atoms with Gasteiger partial charge < -0.3 is 9.36 Å². The molecule has 1 aromatic heterocycles. The Morgan fingerprint density at radius 2 is 2.24 bits per heavy atom. The maximum Gasteiger partial charge on any atom is 0.120 e. The van der Waals surface area contributed by atoms with Gasteiger partial charge >= 0.3 is 0 Å². The van der Waals surface area contributed by atoms with E-state index in [4.69, 9.17) is 5.26 Å². The molecule has 0 fully saturated rings. The molecule has 0 amide bonds. The van der Waals surface area contributed by atoms with Gasteiger partial charge in [-0.15, -0.1) is 0 Å². The highest BCUT2D eigenvalue weighted by Gasteiger charge is 2.09. The number of imidazole rings is 1. The van der Waals surface area contributed by atoms with Crippen molar-refractivity contribution in [3.8, 4) is 6.07 Å². The fraction of sp³-hybridized carbons (Fsp3) is 0.308. The first-order valence-electron chi connectivity index (χ1n) is 5.61. The highest BCUT2D eigenvalue weighted by molar-refractivity contribution is 5.76. The van der Waals surface area contributed by atoms with Gasteiger partial charge in [-0.05, 0) is 12.1 Å². The first-order chi connectivity index (χ1) is 8.36. The van der Waals surface area contributed by atoms with Gasteiger partial charge in [0.15, 0.2) is 0 Å². The summed E-state index contributed by atoms with van der Waals surface area (Å²) in [5, 5.41) is 8.66. The van der Waals surface area contributed by atoms with Crippen molar-refractivity contribution < 1.29 is 4.79 Å². The molecule has 0 aliphatic rings. The number of para-hydroxylation sites is 2. The van der Waals surface area contributed by atoms with E-state index in [1.165, 1.54) is 0 Å². The number of carbonyl (C=O) groups is 1. The molecular weight excluding hydrogens is 214 g/mol. The van der Waals surface area contributed by atoms with E-state index in [1.54, 1.807) is 0 Å². The number of fused-ring (bicyclic) bond motifs is 1. The molecule has 4 heteroatoms. The number of aldehydes is 1. The van der Waals surface area contributed by atoms with E-state index in [0.29, 0.717) is 25.8 Å². The molecule has 0 aliphatic carbocycles. The van der Waals surface area contributed by atoms with E-state index in [0.717, 1.165) is 23.1 Å². The summed E-state index contributed by atoms with van der Waals surface area (Å²) in [6.45, 7) is 0.630.